The van der Waals surface area contributed by atoms with Crippen LogP contribution in [-0.2, 0) is 4.74 Å². The van der Waals surface area contributed by atoms with Crippen molar-refractivity contribution in [2.24, 2.45) is 4.99 Å². The number of nitrogens with one attached hydrogen (secondary N) is 2. The molecule has 1 saturated heterocycles. The summed E-state index contributed by atoms with van der Waals surface area (Å²) in [5, 5.41) is 7.17. The lowest BCUT2D eigenvalue weighted by molar-refractivity contribution is -0.00255. The van der Waals surface area contributed by atoms with Gasteiger partial charge in [0.05, 0.1) is 6.54 Å². The zero-order chi connectivity index (χ0) is 19.8. The van der Waals surface area contributed by atoms with E-state index >= 15 is 0 Å². The highest BCUT2D eigenvalue weighted by molar-refractivity contribution is 5.80. The van der Waals surface area contributed by atoms with Crippen molar-refractivity contribution >= 4 is 5.96 Å². The number of nitrogens with zero attached hydrogens (tertiary/aromatic N) is 2. The second-order valence-corrected chi connectivity index (χ2v) is 8.53. The van der Waals surface area contributed by atoms with Crippen LogP contribution in [0.2, 0.25) is 0 Å². The molecule has 2 N–H and O–H groups in total. The second kappa shape index (κ2) is 10.3. The van der Waals surface area contributed by atoms with E-state index in [0.29, 0.717) is 12.0 Å². The molecule has 3 rings (SSSR count). The van der Waals surface area contributed by atoms with Gasteiger partial charge in [-0.1, -0.05) is 30.3 Å². The molecule has 0 spiro atoms. The van der Waals surface area contributed by atoms with E-state index in [9.17, 15) is 0 Å². The van der Waals surface area contributed by atoms with Gasteiger partial charge in [-0.3, -0.25) is 4.99 Å². The molecule has 156 valence electrons. The van der Waals surface area contributed by atoms with Crippen molar-refractivity contribution < 1.29 is 4.74 Å². The zero-order valence-electron chi connectivity index (χ0n) is 17.9. The van der Waals surface area contributed by atoms with Crippen LogP contribution in [-0.4, -0.2) is 62.8 Å². The first-order chi connectivity index (χ1) is 13.6. The smallest absolute Gasteiger partial charge is 0.191 e. The minimum Gasteiger partial charge on any atom is -0.381 e. The Kier molecular flexibility index (Phi) is 7.74. The molecule has 1 aliphatic carbocycles. The monoisotopic (exact) mass is 386 g/mol. The van der Waals surface area contributed by atoms with E-state index in [0.717, 1.165) is 45.1 Å². The van der Waals surface area contributed by atoms with Gasteiger partial charge in [-0.25, -0.2) is 0 Å². The highest BCUT2D eigenvalue weighted by Crippen LogP contribution is 2.32. The van der Waals surface area contributed by atoms with Crippen molar-refractivity contribution in [2.75, 3.05) is 40.4 Å². The number of benzene rings is 1. The van der Waals surface area contributed by atoms with Crippen LogP contribution in [0.15, 0.2) is 35.3 Å². The summed E-state index contributed by atoms with van der Waals surface area (Å²) in [7, 11) is 4.35. The summed E-state index contributed by atoms with van der Waals surface area (Å²) >= 11 is 0. The molecule has 1 heterocycles. The fraction of sp³-hybridized carbons (Fsp3) is 0.696. The standard InChI is InChI=1S/C23H38N4O/c1-4-24-22(25-18-23(27(2)3)14-16-28-17-15-23)26-21-12-10-20(11-13-21)19-8-6-5-7-9-19/h5-9,20-21H,4,10-18H2,1-3H3,(H2,24,25,26). The Morgan fingerprint density at radius 3 is 2.39 bits per heavy atom. The summed E-state index contributed by atoms with van der Waals surface area (Å²) in [4.78, 5) is 7.34. The number of guanidine groups is 1. The molecule has 0 amide bonds. The normalized spacial score (nSPS) is 25.5. The highest BCUT2D eigenvalue weighted by Gasteiger charge is 2.34. The zero-order valence-corrected chi connectivity index (χ0v) is 17.9. The number of likely N-dealkylation sites (N-methyl/N-ethyl adjacent to an activating group) is 1. The van der Waals surface area contributed by atoms with Crippen LogP contribution in [0.25, 0.3) is 0 Å². The highest BCUT2D eigenvalue weighted by atomic mass is 16.5. The quantitative estimate of drug-likeness (QED) is 0.581. The predicted molar refractivity (Wildman–Crippen MR) is 117 cm³/mol. The lowest BCUT2D eigenvalue weighted by atomic mass is 9.82. The topological polar surface area (TPSA) is 48.9 Å². The Bertz CT molecular complexity index is 602. The largest absolute Gasteiger partial charge is 0.381 e. The maximum absolute atomic E-state index is 5.59. The number of aliphatic imine (C=N–C) groups is 1. The molecule has 5 nitrogen and oxygen atoms in total. The summed E-state index contributed by atoms with van der Waals surface area (Å²) in [6.07, 6.45) is 7.00. The Morgan fingerprint density at radius 2 is 1.79 bits per heavy atom. The molecule has 0 bridgehead atoms. The molecule has 0 unspecified atom stereocenters. The van der Waals surface area contributed by atoms with E-state index in [1.807, 2.05) is 0 Å². The van der Waals surface area contributed by atoms with Crippen molar-refractivity contribution in [1.29, 1.82) is 0 Å². The van der Waals surface area contributed by atoms with Crippen LogP contribution >= 0.6 is 0 Å². The van der Waals surface area contributed by atoms with E-state index < -0.39 is 0 Å². The van der Waals surface area contributed by atoms with Gasteiger partial charge in [-0.05, 0) is 71.0 Å². The molecular weight excluding hydrogens is 348 g/mol. The Morgan fingerprint density at radius 1 is 1.11 bits per heavy atom. The molecule has 28 heavy (non-hydrogen) atoms. The number of hydrogen-bond acceptors (Lipinski definition) is 3. The van der Waals surface area contributed by atoms with Crippen LogP contribution < -0.4 is 10.6 Å². The second-order valence-electron chi connectivity index (χ2n) is 8.53. The summed E-state index contributed by atoms with van der Waals surface area (Å²) in [6, 6.07) is 11.5. The van der Waals surface area contributed by atoms with Crippen molar-refractivity contribution in [3.05, 3.63) is 35.9 Å². The van der Waals surface area contributed by atoms with Crippen molar-refractivity contribution in [3.8, 4) is 0 Å². The third-order valence-corrected chi connectivity index (χ3v) is 6.59. The van der Waals surface area contributed by atoms with Crippen LogP contribution in [0.3, 0.4) is 0 Å². The van der Waals surface area contributed by atoms with Crippen LogP contribution in [0.5, 0.6) is 0 Å². The average Bonchev–Trinajstić information content (AvgIpc) is 2.74. The van der Waals surface area contributed by atoms with Gasteiger partial charge in [-0.15, -0.1) is 0 Å². The van der Waals surface area contributed by atoms with Crippen molar-refractivity contribution in [3.63, 3.8) is 0 Å². The van der Waals surface area contributed by atoms with Gasteiger partial charge < -0.3 is 20.3 Å². The number of rotatable bonds is 6. The molecule has 1 aliphatic heterocycles. The Balaban J connectivity index is 1.56. The van der Waals surface area contributed by atoms with Crippen LogP contribution in [0.4, 0.5) is 0 Å². The van der Waals surface area contributed by atoms with E-state index in [1.54, 1.807) is 0 Å². The average molecular weight is 387 g/mol. The summed E-state index contributed by atoms with van der Waals surface area (Å²) in [5.41, 5.74) is 1.61. The summed E-state index contributed by atoms with van der Waals surface area (Å²) in [6.45, 7) is 5.52. The molecule has 5 heteroatoms. The van der Waals surface area contributed by atoms with Gasteiger partial charge >= 0.3 is 0 Å². The minimum atomic E-state index is 0.117. The van der Waals surface area contributed by atoms with Gasteiger partial charge in [0.2, 0.25) is 0 Å². The van der Waals surface area contributed by atoms with Gasteiger partial charge in [-0.2, -0.15) is 0 Å². The van der Waals surface area contributed by atoms with Gasteiger partial charge in [0, 0.05) is 31.3 Å². The van der Waals surface area contributed by atoms with E-state index in [-0.39, 0.29) is 5.54 Å². The maximum Gasteiger partial charge on any atom is 0.191 e. The van der Waals surface area contributed by atoms with Gasteiger partial charge in [0.1, 0.15) is 0 Å². The van der Waals surface area contributed by atoms with Crippen LogP contribution in [0.1, 0.15) is 56.9 Å². The minimum absolute atomic E-state index is 0.117. The Hall–Kier alpha value is -1.59. The molecule has 1 aromatic carbocycles. The molecule has 0 radical (unpaired) electrons. The van der Waals surface area contributed by atoms with Gasteiger partial charge in [0.15, 0.2) is 5.96 Å². The third kappa shape index (κ3) is 5.48. The lowest BCUT2D eigenvalue weighted by Crippen LogP contribution is -2.52. The fourth-order valence-corrected chi connectivity index (χ4v) is 4.53. The molecule has 2 fully saturated rings. The SMILES string of the molecule is CCNC(=NCC1(N(C)C)CCOCC1)NC1CCC(c2ccccc2)CC1. The molecule has 0 aromatic heterocycles. The van der Waals surface area contributed by atoms with Crippen molar-refractivity contribution in [2.45, 2.75) is 62.9 Å². The third-order valence-electron chi connectivity index (χ3n) is 6.59. The first-order valence-corrected chi connectivity index (χ1v) is 11.0. The molecular formula is C23H38N4O. The predicted octanol–water partition coefficient (Wildman–Crippen LogP) is 3.38. The maximum atomic E-state index is 5.59. The summed E-state index contributed by atoms with van der Waals surface area (Å²) in [5.74, 6) is 1.68. The number of hydrogen-bond donors (Lipinski definition) is 2. The van der Waals surface area contributed by atoms with E-state index in [1.165, 1.54) is 31.2 Å². The first kappa shape index (κ1) is 21.1. The Labute approximate surface area is 170 Å². The van der Waals surface area contributed by atoms with E-state index in [4.69, 9.17) is 9.73 Å². The van der Waals surface area contributed by atoms with Crippen molar-refractivity contribution in [1.82, 2.24) is 15.5 Å². The fourth-order valence-electron chi connectivity index (χ4n) is 4.53. The summed E-state index contributed by atoms with van der Waals surface area (Å²) < 4.78 is 5.59. The van der Waals surface area contributed by atoms with Gasteiger partial charge in [0.25, 0.3) is 0 Å². The number of ether oxygens (including phenoxy) is 1. The lowest BCUT2D eigenvalue weighted by Gasteiger charge is -2.41. The van der Waals surface area contributed by atoms with Crippen LogP contribution in [0, 0.1) is 0 Å². The molecule has 0 atom stereocenters. The molecule has 1 aromatic rings. The molecule has 2 aliphatic rings. The first-order valence-electron chi connectivity index (χ1n) is 11.0. The van der Waals surface area contributed by atoms with E-state index in [2.05, 4.69) is 66.9 Å². The molecule has 1 saturated carbocycles.